The largest absolute Gasteiger partial charge is 0.416 e. The fourth-order valence-corrected chi connectivity index (χ4v) is 3.00. The Hall–Kier alpha value is -0.600. The molecule has 1 heterocycles. The van der Waals surface area contributed by atoms with Gasteiger partial charge in [-0.2, -0.15) is 13.2 Å². The number of rotatable bonds is 2. The van der Waals surface area contributed by atoms with E-state index >= 15 is 0 Å². The molecule has 0 amide bonds. The fourth-order valence-electron chi connectivity index (χ4n) is 1.59. The van der Waals surface area contributed by atoms with E-state index in [1.807, 2.05) is 11.4 Å². The Kier molecular flexibility index (Phi) is 3.98. The second kappa shape index (κ2) is 5.18. The fraction of sp³-hybridized carbons (Fsp3) is 0.167. The van der Waals surface area contributed by atoms with Crippen LogP contribution in [0.2, 0.25) is 0 Å². The van der Waals surface area contributed by atoms with E-state index in [1.165, 1.54) is 17.4 Å². The Balaban J connectivity index is 2.34. The first kappa shape index (κ1) is 13.8. The van der Waals surface area contributed by atoms with Crippen LogP contribution in [0.25, 0.3) is 0 Å². The summed E-state index contributed by atoms with van der Waals surface area (Å²) >= 11 is 3.68. The van der Waals surface area contributed by atoms with E-state index in [1.54, 1.807) is 6.07 Å². The van der Waals surface area contributed by atoms with Crippen molar-refractivity contribution in [2.75, 3.05) is 0 Å². The number of hydrogen-bond acceptors (Lipinski definition) is 2. The molecule has 0 radical (unpaired) electrons. The van der Waals surface area contributed by atoms with Crippen molar-refractivity contribution in [3.8, 4) is 0 Å². The van der Waals surface area contributed by atoms with Crippen molar-refractivity contribution >= 4 is 33.9 Å². The summed E-state index contributed by atoms with van der Waals surface area (Å²) in [4.78, 5) is 0. The molecule has 0 saturated heterocycles. The first-order valence-corrected chi connectivity index (χ1v) is 7.00. The van der Waals surface area contributed by atoms with Crippen LogP contribution in [0.15, 0.2) is 35.7 Å². The number of thiophene rings is 1. The number of benzene rings is 1. The van der Waals surface area contributed by atoms with E-state index in [4.69, 9.17) is 5.73 Å². The summed E-state index contributed by atoms with van der Waals surface area (Å²) in [7, 11) is 0. The molecule has 1 atom stereocenters. The molecule has 1 unspecified atom stereocenters. The highest BCUT2D eigenvalue weighted by Gasteiger charge is 2.30. The average molecular weight is 383 g/mol. The van der Waals surface area contributed by atoms with Gasteiger partial charge in [0.05, 0.1) is 14.5 Å². The van der Waals surface area contributed by atoms with E-state index in [0.717, 1.165) is 20.6 Å². The number of hydrogen-bond donors (Lipinski definition) is 1. The molecule has 1 aromatic heterocycles. The molecule has 0 spiro atoms. The minimum atomic E-state index is -4.33. The monoisotopic (exact) mass is 383 g/mol. The second-order valence-electron chi connectivity index (χ2n) is 3.79. The van der Waals surface area contributed by atoms with E-state index in [0.29, 0.717) is 5.56 Å². The quantitative estimate of drug-likeness (QED) is 0.764. The van der Waals surface area contributed by atoms with Crippen LogP contribution in [0, 0.1) is 2.88 Å². The first-order valence-electron chi connectivity index (χ1n) is 5.04. The molecule has 1 nitrogen and oxygen atoms in total. The second-order valence-corrected chi connectivity index (χ2v) is 6.59. The molecule has 0 aliphatic heterocycles. The normalized spacial score (nSPS) is 13.6. The molecule has 0 bridgehead atoms. The molecule has 96 valence electrons. The molecule has 0 aliphatic rings. The molecule has 18 heavy (non-hydrogen) atoms. The maximum Gasteiger partial charge on any atom is 0.416 e. The molecule has 2 N–H and O–H groups in total. The molecule has 2 rings (SSSR count). The molecule has 0 saturated carbocycles. The van der Waals surface area contributed by atoms with Crippen molar-refractivity contribution in [3.05, 3.63) is 55.3 Å². The van der Waals surface area contributed by atoms with Crippen molar-refractivity contribution in [1.82, 2.24) is 0 Å². The smallest absolute Gasteiger partial charge is 0.320 e. The zero-order chi connectivity index (χ0) is 13.3. The van der Waals surface area contributed by atoms with Gasteiger partial charge in [-0.15, -0.1) is 11.3 Å². The molecule has 2 aromatic rings. The van der Waals surface area contributed by atoms with Crippen LogP contribution in [-0.2, 0) is 6.18 Å². The van der Waals surface area contributed by atoms with Crippen LogP contribution in [-0.4, -0.2) is 0 Å². The average Bonchev–Trinajstić information content (AvgIpc) is 2.74. The standard InChI is InChI=1S/C12H9F3INS/c13-12(14,15)9-3-1-2-7(4-9)11(17)8-5-10(16)18-6-8/h1-6,11H,17H2. The summed E-state index contributed by atoms with van der Waals surface area (Å²) in [5.41, 5.74) is 6.62. The predicted octanol–water partition coefficient (Wildman–Crippen LogP) is 4.42. The van der Waals surface area contributed by atoms with Crippen LogP contribution in [0.5, 0.6) is 0 Å². The SMILES string of the molecule is NC(c1cccc(C(F)(F)F)c1)c1csc(I)c1. The van der Waals surface area contributed by atoms with Gasteiger partial charge in [-0.1, -0.05) is 12.1 Å². The summed E-state index contributed by atoms with van der Waals surface area (Å²) < 4.78 is 38.9. The minimum Gasteiger partial charge on any atom is -0.320 e. The lowest BCUT2D eigenvalue weighted by atomic mass is 10.00. The number of alkyl halides is 3. The minimum absolute atomic E-state index is 0.471. The van der Waals surface area contributed by atoms with Crippen LogP contribution in [0.1, 0.15) is 22.7 Å². The summed E-state index contributed by atoms with van der Waals surface area (Å²) in [6.45, 7) is 0. The zero-order valence-electron chi connectivity index (χ0n) is 9.04. The lowest BCUT2D eigenvalue weighted by Gasteiger charge is -2.13. The van der Waals surface area contributed by atoms with Crippen LogP contribution in [0.4, 0.5) is 13.2 Å². The highest BCUT2D eigenvalue weighted by atomic mass is 127. The van der Waals surface area contributed by atoms with E-state index in [2.05, 4.69) is 22.6 Å². The number of nitrogens with two attached hydrogens (primary N) is 1. The van der Waals surface area contributed by atoms with Gasteiger partial charge in [0.25, 0.3) is 0 Å². The summed E-state index contributed by atoms with van der Waals surface area (Å²) in [5, 5.41) is 1.87. The Morgan fingerprint density at radius 3 is 2.44 bits per heavy atom. The van der Waals surface area contributed by atoms with Gasteiger partial charge in [0.15, 0.2) is 0 Å². The Morgan fingerprint density at radius 1 is 1.17 bits per heavy atom. The Morgan fingerprint density at radius 2 is 1.89 bits per heavy atom. The van der Waals surface area contributed by atoms with E-state index in [-0.39, 0.29) is 0 Å². The van der Waals surface area contributed by atoms with Crippen LogP contribution < -0.4 is 5.73 Å². The van der Waals surface area contributed by atoms with Crippen molar-refractivity contribution in [2.24, 2.45) is 5.73 Å². The molecular weight excluding hydrogens is 374 g/mol. The molecule has 0 fully saturated rings. The van der Waals surface area contributed by atoms with Gasteiger partial charge in [0.1, 0.15) is 0 Å². The topological polar surface area (TPSA) is 26.0 Å². The van der Waals surface area contributed by atoms with Gasteiger partial charge in [0.2, 0.25) is 0 Å². The van der Waals surface area contributed by atoms with E-state index < -0.39 is 17.8 Å². The molecule has 6 heteroatoms. The lowest BCUT2D eigenvalue weighted by Crippen LogP contribution is -2.13. The van der Waals surface area contributed by atoms with Crippen LogP contribution in [0.3, 0.4) is 0 Å². The third kappa shape index (κ3) is 3.04. The highest BCUT2D eigenvalue weighted by Crippen LogP contribution is 2.32. The maximum atomic E-state index is 12.6. The van der Waals surface area contributed by atoms with Gasteiger partial charge in [-0.25, -0.2) is 0 Å². The predicted molar refractivity (Wildman–Crippen MR) is 74.5 cm³/mol. The van der Waals surface area contributed by atoms with Gasteiger partial charge in [0, 0.05) is 0 Å². The summed E-state index contributed by atoms with van der Waals surface area (Å²) in [5.74, 6) is 0. The first-order chi connectivity index (χ1) is 8.38. The maximum absolute atomic E-state index is 12.6. The van der Waals surface area contributed by atoms with E-state index in [9.17, 15) is 13.2 Å². The number of halogens is 4. The third-order valence-electron chi connectivity index (χ3n) is 2.52. The van der Waals surface area contributed by atoms with Crippen molar-refractivity contribution in [2.45, 2.75) is 12.2 Å². The molecular formula is C12H9F3INS. The van der Waals surface area contributed by atoms with Crippen molar-refractivity contribution in [1.29, 1.82) is 0 Å². The third-order valence-corrected chi connectivity index (χ3v) is 4.33. The van der Waals surface area contributed by atoms with Gasteiger partial charge >= 0.3 is 6.18 Å². The summed E-state index contributed by atoms with van der Waals surface area (Å²) in [6.07, 6.45) is -4.33. The van der Waals surface area contributed by atoms with Gasteiger partial charge in [-0.05, 0) is 57.3 Å². The zero-order valence-corrected chi connectivity index (χ0v) is 12.0. The van der Waals surface area contributed by atoms with Crippen molar-refractivity contribution in [3.63, 3.8) is 0 Å². The Labute approximate surface area is 120 Å². The highest BCUT2D eigenvalue weighted by molar-refractivity contribution is 14.1. The Bertz CT molecular complexity index is 550. The lowest BCUT2D eigenvalue weighted by molar-refractivity contribution is -0.137. The van der Waals surface area contributed by atoms with Gasteiger partial charge in [-0.3, -0.25) is 0 Å². The summed E-state index contributed by atoms with van der Waals surface area (Å²) in [6, 6.07) is 6.52. The van der Waals surface area contributed by atoms with Crippen molar-refractivity contribution < 1.29 is 13.2 Å². The van der Waals surface area contributed by atoms with Gasteiger partial charge < -0.3 is 5.73 Å². The molecule has 0 aliphatic carbocycles. The molecule has 1 aromatic carbocycles. The van der Waals surface area contributed by atoms with Crippen LogP contribution >= 0.6 is 33.9 Å².